The fourth-order valence-electron chi connectivity index (χ4n) is 6.59. The second-order valence-corrected chi connectivity index (χ2v) is 14.6. The molecule has 0 unspecified atom stereocenters. The Labute approximate surface area is 303 Å². The Bertz CT molecular complexity index is 837. The molecule has 0 aromatic carbocycles. The molecule has 0 N–H and O–H groups in total. The van der Waals surface area contributed by atoms with Crippen LogP contribution in [0.1, 0.15) is 181 Å². The molecular weight excluding hydrogens is 606 g/mol. The van der Waals surface area contributed by atoms with Crippen molar-refractivity contribution in [2.45, 2.75) is 193 Å². The minimum atomic E-state index is -0.316. The van der Waals surface area contributed by atoms with E-state index < -0.39 is 0 Å². The van der Waals surface area contributed by atoms with Gasteiger partial charge in [-0.25, -0.2) is 0 Å². The van der Waals surface area contributed by atoms with Crippen molar-refractivity contribution in [3.8, 4) is 0 Å². The summed E-state index contributed by atoms with van der Waals surface area (Å²) >= 11 is 0. The summed E-state index contributed by atoms with van der Waals surface area (Å²) in [6, 6.07) is 0. The van der Waals surface area contributed by atoms with Gasteiger partial charge < -0.3 is 14.4 Å². The van der Waals surface area contributed by atoms with Gasteiger partial charge in [0.1, 0.15) is 12.2 Å². The molecule has 49 heavy (non-hydrogen) atoms. The van der Waals surface area contributed by atoms with Crippen LogP contribution in [0.3, 0.4) is 0 Å². The normalized spacial score (nSPS) is 18.3. The Morgan fingerprint density at radius 2 is 0.857 bits per heavy atom. The van der Waals surface area contributed by atoms with E-state index in [4.69, 9.17) is 9.47 Å². The number of hydrogen-bond donors (Lipinski definition) is 0. The monoisotopic (exact) mass is 684 g/mol. The molecule has 5 nitrogen and oxygen atoms in total. The molecule has 0 aliphatic heterocycles. The van der Waals surface area contributed by atoms with Gasteiger partial charge in [-0.05, 0) is 110 Å². The van der Waals surface area contributed by atoms with E-state index in [0.29, 0.717) is 18.8 Å². The van der Waals surface area contributed by atoms with Gasteiger partial charge in [0.2, 0.25) is 0 Å². The highest BCUT2D eigenvalue weighted by Gasteiger charge is 2.39. The van der Waals surface area contributed by atoms with E-state index in [2.05, 4.69) is 81.5 Å². The summed E-state index contributed by atoms with van der Waals surface area (Å²) in [6.45, 7) is 5.40. The Morgan fingerprint density at radius 3 is 1.22 bits per heavy atom. The first-order valence-corrected chi connectivity index (χ1v) is 20.6. The number of allylic oxidation sites excluding steroid dienone is 8. The van der Waals surface area contributed by atoms with E-state index in [1.54, 1.807) is 0 Å². The average Bonchev–Trinajstić information content (AvgIpc) is 3.43. The second-order valence-electron chi connectivity index (χ2n) is 14.6. The van der Waals surface area contributed by atoms with Gasteiger partial charge in [-0.15, -0.1) is 0 Å². The highest BCUT2D eigenvalue weighted by molar-refractivity contribution is 5.70. The van der Waals surface area contributed by atoms with Crippen LogP contribution in [0.15, 0.2) is 48.6 Å². The van der Waals surface area contributed by atoms with Crippen LogP contribution in [0, 0.1) is 5.92 Å². The van der Waals surface area contributed by atoms with Crippen LogP contribution in [0.4, 0.5) is 0 Å². The van der Waals surface area contributed by atoms with Crippen molar-refractivity contribution in [1.82, 2.24) is 4.90 Å². The van der Waals surface area contributed by atoms with Crippen LogP contribution in [0.5, 0.6) is 0 Å². The van der Waals surface area contributed by atoms with E-state index >= 15 is 0 Å². The number of rotatable bonds is 32. The number of carbonyl (C=O) groups excluding carboxylic acids is 2. The summed E-state index contributed by atoms with van der Waals surface area (Å²) in [5, 5.41) is 0. The van der Waals surface area contributed by atoms with Gasteiger partial charge in [0.15, 0.2) is 0 Å². The molecule has 1 rings (SSSR count). The fraction of sp³-hybridized carbons (Fsp3) is 0.773. The van der Waals surface area contributed by atoms with Crippen molar-refractivity contribution in [3.63, 3.8) is 0 Å². The number of ether oxygens (including phenoxy) is 2. The molecule has 0 spiro atoms. The third-order valence-corrected chi connectivity index (χ3v) is 9.40. The standard InChI is InChI=1S/C44H77NO4/c1-5-7-9-11-13-15-17-19-21-23-25-27-29-31-33-35-43(46)48-41-37-40(39-45(3)4)38-42(41)49-44(47)36-34-32-30-28-26-24-22-20-18-16-14-12-10-8-6-2/h13-16,19-22,40-42H,5-12,17-18,23-39H2,1-4H3/b15-13-,16-14-,21-19-,22-20-/t40-,41-,42+. The first-order valence-electron chi connectivity index (χ1n) is 20.6. The zero-order chi connectivity index (χ0) is 35.6. The van der Waals surface area contributed by atoms with Gasteiger partial charge in [0.25, 0.3) is 0 Å². The molecule has 0 bridgehead atoms. The Morgan fingerprint density at radius 1 is 0.510 bits per heavy atom. The molecule has 282 valence electrons. The zero-order valence-electron chi connectivity index (χ0n) is 32.5. The van der Waals surface area contributed by atoms with E-state index in [0.717, 1.165) is 83.6 Å². The van der Waals surface area contributed by atoms with Gasteiger partial charge in [-0.2, -0.15) is 0 Å². The van der Waals surface area contributed by atoms with Crippen LogP contribution >= 0.6 is 0 Å². The quantitative estimate of drug-likeness (QED) is 0.0401. The molecular formula is C44H77NO4. The number of hydrogen-bond acceptors (Lipinski definition) is 5. The Kier molecular flexibility index (Phi) is 30.3. The molecule has 1 aliphatic carbocycles. The summed E-state index contributed by atoms with van der Waals surface area (Å²) in [5.41, 5.74) is 0. The van der Waals surface area contributed by atoms with Crippen LogP contribution in [-0.2, 0) is 19.1 Å². The van der Waals surface area contributed by atoms with Crippen LogP contribution in [0.25, 0.3) is 0 Å². The highest BCUT2D eigenvalue weighted by atomic mass is 16.6. The highest BCUT2D eigenvalue weighted by Crippen LogP contribution is 2.32. The molecule has 3 atom stereocenters. The lowest BCUT2D eigenvalue weighted by Gasteiger charge is -2.20. The Hall–Kier alpha value is -2.14. The van der Waals surface area contributed by atoms with Crippen molar-refractivity contribution in [1.29, 1.82) is 0 Å². The van der Waals surface area contributed by atoms with Crippen molar-refractivity contribution in [2.24, 2.45) is 5.92 Å². The topological polar surface area (TPSA) is 55.8 Å². The van der Waals surface area contributed by atoms with Gasteiger partial charge in [0, 0.05) is 19.4 Å². The minimum absolute atomic E-state index is 0.143. The van der Waals surface area contributed by atoms with Crippen molar-refractivity contribution in [3.05, 3.63) is 48.6 Å². The maximum absolute atomic E-state index is 12.7. The lowest BCUT2D eigenvalue weighted by atomic mass is 10.1. The van der Waals surface area contributed by atoms with E-state index in [1.807, 2.05) is 0 Å². The summed E-state index contributed by atoms with van der Waals surface area (Å²) < 4.78 is 11.9. The van der Waals surface area contributed by atoms with Gasteiger partial charge in [-0.1, -0.05) is 127 Å². The maximum atomic E-state index is 12.7. The number of carbonyl (C=O) groups is 2. The van der Waals surface area contributed by atoms with Crippen molar-refractivity contribution in [2.75, 3.05) is 20.6 Å². The average molecular weight is 684 g/mol. The summed E-state index contributed by atoms with van der Waals surface area (Å²) in [4.78, 5) is 27.6. The van der Waals surface area contributed by atoms with Gasteiger partial charge >= 0.3 is 11.9 Å². The Balaban J connectivity index is 2.18. The lowest BCUT2D eigenvalue weighted by Crippen LogP contribution is -2.30. The number of nitrogens with zero attached hydrogens (tertiary/aromatic N) is 1. The molecule has 0 saturated heterocycles. The molecule has 0 amide bonds. The second kappa shape index (κ2) is 33.0. The van der Waals surface area contributed by atoms with Crippen molar-refractivity contribution < 1.29 is 19.1 Å². The van der Waals surface area contributed by atoms with E-state index in [9.17, 15) is 9.59 Å². The van der Waals surface area contributed by atoms with Crippen molar-refractivity contribution >= 4 is 11.9 Å². The van der Waals surface area contributed by atoms with Crippen LogP contribution in [0.2, 0.25) is 0 Å². The predicted molar refractivity (Wildman–Crippen MR) is 210 cm³/mol. The molecule has 0 radical (unpaired) electrons. The molecule has 0 aromatic rings. The summed E-state index contributed by atoms with van der Waals surface area (Å²) in [5.74, 6) is 0.0873. The first-order chi connectivity index (χ1) is 24.0. The molecule has 5 heteroatoms. The predicted octanol–water partition coefficient (Wildman–Crippen LogP) is 12.4. The SMILES string of the molecule is CCCCC/C=C\C/C=C\CCCCCCCC(=O)O[C@H]1C[C@H](CN(C)C)C[C@H]1OC(=O)CCCCCCC/C=C\C/C=C\CCCCC. The summed E-state index contributed by atoms with van der Waals surface area (Å²) in [6.07, 6.45) is 45.7. The zero-order valence-corrected chi connectivity index (χ0v) is 32.5. The minimum Gasteiger partial charge on any atom is -0.458 e. The van der Waals surface area contributed by atoms with E-state index in [1.165, 1.54) is 77.0 Å². The molecule has 0 heterocycles. The fourth-order valence-corrected chi connectivity index (χ4v) is 6.59. The van der Waals surface area contributed by atoms with E-state index in [-0.39, 0.29) is 24.1 Å². The third-order valence-electron chi connectivity index (χ3n) is 9.40. The first kappa shape index (κ1) is 44.9. The summed E-state index contributed by atoms with van der Waals surface area (Å²) in [7, 11) is 4.13. The maximum Gasteiger partial charge on any atom is 0.306 e. The molecule has 0 aromatic heterocycles. The van der Waals surface area contributed by atoms with Gasteiger partial charge in [0.05, 0.1) is 0 Å². The lowest BCUT2D eigenvalue weighted by molar-refractivity contribution is -0.165. The largest absolute Gasteiger partial charge is 0.458 e. The molecule has 1 fully saturated rings. The third kappa shape index (κ3) is 28.3. The van der Waals surface area contributed by atoms with Crippen LogP contribution in [-0.4, -0.2) is 49.7 Å². The van der Waals surface area contributed by atoms with Gasteiger partial charge in [-0.3, -0.25) is 9.59 Å². The molecule has 1 aliphatic rings. The number of esters is 2. The number of unbranched alkanes of at least 4 members (excludes halogenated alkanes) is 16. The smallest absolute Gasteiger partial charge is 0.306 e. The molecule has 1 saturated carbocycles. The van der Waals surface area contributed by atoms with Crippen LogP contribution < -0.4 is 0 Å².